The average molecular weight is 442 g/mol. The van der Waals surface area contributed by atoms with Gasteiger partial charge in [0.05, 0.1) is 0 Å². The molecule has 2 heterocycles. The number of piperidine rings is 1. The summed E-state index contributed by atoms with van der Waals surface area (Å²) in [7, 11) is 0. The highest BCUT2D eigenvalue weighted by Gasteiger charge is 2.26. The van der Waals surface area contributed by atoms with Gasteiger partial charge in [-0.15, -0.1) is 0 Å². The third kappa shape index (κ3) is 6.21. The number of hydrogen-bond acceptors (Lipinski definition) is 4. The molecule has 32 heavy (non-hydrogen) atoms. The van der Waals surface area contributed by atoms with Gasteiger partial charge in [-0.25, -0.2) is 8.78 Å². The minimum Gasteiger partial charge on any atom is -0.303 e. The lowest BCUT2D eigenvalue weighted by Crippen LogP contribution is -2.46. The number of benzene rings is 2. The van der Waals surface area contributed by atoms with Gasteiger partial charge in [0, 0.05) is 49.8 Å². The molecule has 0 amide bonds. The lowest BCUT2D eigenvalue weighted by atomic mass is 9.89. The van der Waals surface area contributed by atoms with E-state index in [1.807, 2.05) is 12.1 Å². The molecule has 2 aliphatic heterocycles. The predicted molar refractivity (Wildman–Crippen MR) is 123 cm³/mol. The molecule has 0 spiro atoms. The molecule has 0 bridgehead atoms. The van der Waals surface area contributed by atoms with Crippen molar-refractivity contribution in [3.8, 4) is 0 Å². The van der Waals surface area contributed by atoms with Crippen molar-refractivity contribution in [2.75, 3.05) is 52.4 Å². The fourth-order valence-electron chi connectivity index (χ4n) is 4.83. The van der Waals surface area contributed by atoms with Gasteiger partial charge in [-0.05, 0) is 75.8 Å². The SMILES string of the molecule is O=C(c1ccc(F)cc1)C1CCN(CCCN2CCN(Cc3ccccc3F)CC2)CC1. The first-order chi connectivity index (χ1) is 15.6. The first-order valence-electron chi connectivity index (χ1n) is 11.8. The van der Waals surface area contributed by atoms with Crippen molar-refractivity contribution in [3.05, 3.63) is 71.3 Å². The third-order valence-electron chi connectivity index (χ3n) is 6.85. The maximum absolute atomic E-state index is 13.9. The van der Waals surface area contributed by atoms with Crippen LogP contribution in [0.3, 0.4) is 0 Å². The summed E-state index contributed by atoms with van der Waals surface area (Å²) in [5.74, 6) is -0.210. The smallest absolute Gasteiger partial charge is 0.166 e. The van der Waals surface area contributed by atoms with Crippen molar-refractivity contribution in [2.45, 2.75) is 25.8 Å². The Morgan fingerprint density at radius 3 is 2.03 bits per heavy atom. The molecule has 0 aromatic heterocycles. The van der Waals surface area contributed by atoms with Gasteiger partial charge in [0.25, 0.3) is 0 Å². The summed E-state index contributed by atoms with van der Waals surface area (Å²) in [6, 6.07) is 13.0. The number of halogens is 2. The van der Waals surface area contributed by atoms with Crippen molar-refractivity contribution in [1.82, 2.24) is 14.7 Å². The standard InChI is InChI=1S/C26H33F2N3O/c27-24-8-6-21(7-9-24)26(32)22-10-14-29(15-11-22)12-3-13-30-16-18-31(19-17-30)20-23-4-1-2-5-25(23)28/h1-2,4-9,22H,3,10-20H2. The van der Waals surface area contributed by atoms with E-state index < -0.39 is 0 Å². The van der Waals surface area contributed by atoms with Crippen molar-refractivity contribution >= 4 is 5.78 Å². The van der Waals surface area contributed by atoms with Crippen LogP contribution in [0.25, 0.3) is 0 Å². The lowest BCUT2D eigenvalue weighted by molar-refractivity contribution is 0.0829. The maximum Gasteiger partial charge on any atom is 0.166 e. The summed E-state index contributed by atoms with van der Waals surface area (Å²) in [4.78, 5) is 19.9. The first kappa shape index (κ1) is 23.0. The minimum absolute atomic E-state index is 0.0549. The van der Waals surface area contributed by atoms with Crippen LogP contribution in [0, 0.1) is 17.6 Å². The van der Waals surface area contributed by atoms with Crippen LogP contribution < -0.4 is 0 Å². The molecule has 172 valence electrons. The maximum atomic E-state index is 13.9. The Labute approximate surface area is 189 Å². The Morgan fingerprint density at radius 1 is 0.781 bits per heavy atom. The van der Waals surface area contributed by atoms with E-state index in [0.29, 0.717) is 12.1 Å². The van der Waals surface area contributed by atoms with Gasteiger partial charge in [0.2, 0.25) is 0 Å². The van der Waals surface area contributed by atoms with Gasteiger partial charge in [0.15, 0.2) is 5.78 Å². The van der Waals surface area contributed by atoms with Gasteiger partial charge in [-0.1, -0.05) is 18.2 Å². The molecule has 4 nitrogen and oxygen atoms in total. The van der Waals surface area contributed by atoms with Crippen molar-refractivity contribution < 1.29 is 13.6 Å². The van der Waals surface area contributed by atoms with Crippen LogP contribution in [0.5, 0.6) is 0 Å². The van der Waals surface area contributed by atoms with Gasteiger partial charge < -0.3 is 9.80 Å². The summed E-state index contributed by atoms with van der Waals surface area (Å²) in [6.07, 6.45) is 2.89. The van der Waals surface area contributed by atoms with E-state index >= 15 is 0 Å². The Bertz CT molecular complexity index is 873. The molecule has 0 unspecified atom stereocenters. The van der Waals surface area contributed by atoms with E-state index in [0.717, 1.165) is 77.2 Å². The van der Waals surface area contributed by atoms with E-state index in [4.69, 9.17) is 0 Å². The normalized spacial score (nSPS) is 19.3. The van der Waals surface area contributed by atoms with Crippen LogP contribution in [-0.2, 0) is 6.54 Å². The first-order valence-corrected chi connectivity index (χ1v) is 11.8. The van der Waals surface area contributed by atoms with Crippen LogP contribution in [0.1, 0.15) is 35.2 Å². The highest BCUT2D eigenvalue weighted by atomic mass is 19.1. The number of rotatable bonds is 8. The second kappa shape index (κ2) is 11.1. The highest BCUT2D eigenvalue weighted by molar-refractivity contribution is 5.97. The Kier molecular flexibility index (Phi) is 8.00. The second-order valence-electron chi connectivity index (χ2n) is 9.05. The molecule has 0 atom stereocenters. The second-order valence-corrected chi connectivity index (χ2v) is 9.05. The number of carbonyl (C=O) groups excluding carboxylic acids is 1. The van der Waals surface area contributed by atoms with Crippen LogP contribution in [0.4, 0.5) is 8.78 Å². The fraction of sp³-hybridized carbons (Fsp3) is 0.500. The summed E-state index contributed by atoms with van der Waals surface area (Å²) in [5.41, 5.74) is 1.40. The molecule has 2 saturated heterocycles. The zero-order valence-corrected chi connectivity index (χ0v) is 18.7. The molecule has 0 N–H and O–H groups in total. The zero-order chi connectivity index (χ0) is 22.3. The van der Waals surface area contributed by atoms with E-state index in [1.165, 1.54) is 18.2 Å². The van der Waals surface area contributed by atoms with E-state index in [2.05, 4.69) is 14.7 Å². The van der Waals surface area contributed by atoms with E-state index in [9.17, 15) is 13.6 Å². The van der Waals surface area contributed by atoms with Crippen LogP contribution in [-0.4, -0.2) is 72.8 Å². The van der Waals surface area contributed by atoms with Gasteiger partial charge in [-0.2, -0.15) is 0 Å². The summed E-state index contributed by atoms with van der Waals surface area (Å²) >= 11 is 0. The number of Topliss-reactive ketones (excluding diaryl/α,β-unsaturated/α-hetero) is 1. The number of piperazine rings is 1. The average Bonchev–Trinajstić information content (AvgIpc) is 2.82. The number of ketones is 1. The van der Waals surface area contributed by atoms with Crippen molar-refractivity contribution in [1.29, 1.82) is 0 Å². The monoisotopic (exact) mass is 441 g/mol. The Hall–Kier alpha value is -2.15. The molecule has 0 radical (unpaired) electrons. The van der Waals surface area contributed by atoms with E-state index in [-0.39, 0.29) is 23.3 Å². The van der Waals surface area contributed by atoms with Gasteiger partial charge in [0.1, 0.15) is 11.6 Å². The van der Waals surface area contributed by atoms with Crippen molar-refractivity contribution in [3.63, 3.8) is 0 Å². The molecule has 2 fully saturated rings. The molecular weight excluding hydrogens is 408 g/mol. The fourth-order valence-corrected chi connectivity index (χ4v) is 4.83. The number of likely N-dealkylation sites (tertiary alicyclic amines) is 1. The van der Waals surface area contributed by atoms with Gasteiger partial charge in [-0.3, -0.25) is 9.69 Å². The third-order valence-corrected chi connectivity index (χ3v) is 6.85. The molecule has 4 rings (SSSR count). The van der Waals surface area contributed by atoms with Crippen LogP contribution >= 0.6 is 0 Å². The van der Waals surface area contributed by atoms with Gasteiger partial charge >= 0.3 is 0 Å². The number of hydrogen-bond donors (Lipinski definition) is 0. The quantitative estimate of drug-likeness (QED) is 0.577. The van der Waals surface area contributed by atoms with Crippen LogP contribution in [0.15, 0.2) is 48.5 Å². The molecule has 2 aliphatic rings. The predicted octanol–water partition coefficient (Wildman–Crippen LogP) is 4.07. The molecular formula is C26H33F2N3O. The Morgan fingerprint density at radius 2 is 1.38 bits per heavy atom. The Balaban J connectivity index is 1.11. The zero-order valence-electron chi connectivity index (χ0n) is 18.7. The van der Waals surface area contributed by atoms with Crippen LogP contribution in [0.2, 0.25) is 0 Å². The number of carbonyl (C=O) groups is 1. The highest BCUT2D eigenvalue weighted by Crippen LogP contribution is 2.22. The molecule has 0 aliphatic carbocycles. The van der Waals surface area contributed by atoms with E-state index in [1.54, 1.807) is 18.2 Å². The number of nitrogens with zero attached hydrogens (tertiary/aromatic N) is 3. The molecule has 6 heteroatoms. The minimum atomic E-state index is -0.303. The molecule has 0 saturated carbocycles. The summed E-state index contributed by atoms with van der Waals surface area (Å²) in [5, 5.41) is 0. The molecule has 2 aromatic carbocycles. The summed E-state index contributed by atoms with van der Waals surface area (Å²) < 4.78 is 26.9. The lowest BCUT2D eigenvalue weighted by Gasteiger charge is -2.36. The van der Waals surface area contributed by atoms with Crippen molar-refractivity contribution in [2.24, 2.45) is 5.92 Å². The largest absolute Gasteiger partial charge is 0.303 e. The molecule has 2 aromatic rings. The topological polar surface area (TPSA) is 26.8 Å². The summed E-state index contributed by atoms with van der Waals surface area (Å²) in [6.45, 7) is 8.75.